The first-order valence-corrected chi connectivity index (χ1v) is 7.12. The van der Waals surface area contributed by atoms with Crippen LogP contribution in [0.25, 0.3) is 0 Å². The first-order valence-electron chi connectivity index (χ1n) is 7.12. The Morgan fingerprint density at radius 2 is 2.11 bits per heavy atom. The summed E-state index contributed by atoms with van der Waals surface area (Å²) in [7, 11) is 0. The molecule has 104 valence electrons. The smallest absolute Gasteiger partial charge is 0.0772 e. The van der Waals surface area contributed by atoms with Crippen LogP contribution < -0.4 is 11.3 Å². The van der Waals surface area contributed by atoms with Gasteiger partial charge in [0, 0.05) is 6.54 Å². The van der Waals surface area contributed by atoms with Gasteiger partial charge in [-0.3, -0.25) is 11.3 Å². The predicted octanol–water partition coefficient (Wildman–Crippen LogP) is 2.41. The Kier molecular flexibility index (Phi) is 6.90. The lowest BCUT2D eigenvalue weighted by atomic mass is 9.90. The van der Waals surface area contributed by atoms with Crippen molar-refractivity contribution in [3.63, 3.8) is 0 Å². The monoisotopic (exact) mass is 253 g/mol. The van der Waals surface area contributed by atoms with Gasteiger partial charge < -0.3 is 0 Å². The van der Waals surface area contributed by atoms with Gasteiger partial charge in [0.1, 0.15) is 0 Å². The summed E-state index contributed by atoms with van der Waals surface area (Å²) in [5.74, 6) is 6.30. The zero-order chi connectivity index (χ0) is 13.4. The summed E-state index contributed by atoms with van der Waals surface area (Å²) in [5.41, 5.74) is 4.08. The van der Waals surface area contributed by atoms with Crippen LogP contribution in [0.3, 0.4) is 0 Å². The van der Waals surface area contributed by atoms with E-state index >= 15 is 0 Å². The number of nitrogens with one attached hydrogen (secondary N) is 1. The number of hydrogen-bond acceptors (Lipinski definition) is 4. The molecule has 0 amide bonds. The normalized spacial score (nSPS) is 14.7. The predicted molar refractivity (Wildman–Crippen MR) is 73.7 cm³/mol. The average molecular weight is 253 g/mol. The van der Waals surface area contributed by atoms with Gasteiger partial charge in [-0.15, -0.1) is 5.10 Å². The second kappa shape index (κ2) is 8.21. The van der Waals surface area contributed by atoms with Gasteiger partial charge in [-0.25, -0.2) is 4.68 Å². The summed E-state index contributed by atoms with van der Waals surface area (Å²) < 4.78 is 1.97. The maximum atomic E-state index is 5.76. The van der Waals surface area contributed by atoms with Crippen LogP contribution in [-0.4, -0.2) is 15.0 Å². The molecule has 0 aliphatic carbocycles. The van der Waals surface area contributed by atoms with Crippen molar-refractivity contribution >= 4 is 0 Å². The highest BCUT2D eigenvalue weighted by Crippen LogP contribution is 2.27. The molecule has 0 saturated carbocycles. The number of hydrazine groups is 1. The van der Waals surface area contributed by atoms with Gasteiger partial charge in [0.25, 0.3) is 0 Å². The van der Waals surface area contributed by atoms with Crippen LogP contribution in [0.15, 0.2) is 6.20 Å². The van der Waals surface area contributed by atoms with Gasteiger partial charge in [-0.05, 0) is 18.8 Å². The molecular formula is C13H27N5. The van der Waals surface area contributed by atoms with Crippen LogP contribution in [0.4, 0.5) is 0 Å². The van der Waals surface area contributed by atoms with Gasteiger partial charge in [-0.2, -0.15) is 0 Å². The maximum absolute atomic E-state index is 5.76. The van der Waals surface area contributed by atoms with Crippen LogP contribution in [0.5, 0.6) is 0 Å². The van der Waals surface area contributed by atoms with E-state index in [0.29, 0.717) is 5.92 Å². The molecule has 0 radical (unpaired) electrons. The molecule has 0 aliphatic heterocycles. The molecular weight excluding hydrogens is 226 g/mol. The molecule has 0 spiro atoms. The highest BCUT2D eigenvalue weighted by atomic mass is 15.4. The van der Waals surface area contributed by atoms with E-state index < -0.39 is 0 Å². The number of unbranched alkanes of at least 4 members (excludes halogenated alkanes) is 1. The first-order chi connectivity index (χ1) is 8.78. The van der Waals surface area contributed by atoms with Crippen molar-refractivity contribution in [2.45, 2.75) is 65.5 Å². The average Bonchev–Trinajstić information content (AvgIpc) is 2.83. The highest BCUT2D eigenvalue weighted by Gasteiger charge is 2.23. The van der Waals surface area contributed by atoms with E-state index in [4.69, 9.17) is 5.84 Å². The lowest BCUT2D eigenvalue weighted by molar-refractivity contribution is 0.309. The van der Waals surface area contributed by atoms with E-state index in [1.54, 1.807) is 0 Å². The lowest BCUT2D eigenvalue weighted by Gasteiger charge is -2.25. The Hall–Kier alpha value is -0.940. The largest absolute Gasteiger partial charge is 0.271 e. The Bertz CT molecular complexity index is 323. The Morgan fingerprint density at radius 3 is 2.67 bits per heavy atom. The fourth-order valence-corrected chi connectivity index (χ4v) is 2.43. The SMILES string of the molecule is CCCCC(CC)C(NN)c1cnnn1CCC. The summed E-state index contributed by atoms with van der Waals surface area (Å²) in [4.78, 5) is 0. The van der Waals surface area contributed by atoms with Crippen LogP contribution in [0.2, 0.25) is 0 Å². The van der Waals surface area contributed by atoms with Crippen molar-refractivity contribution in [2.24, 2.45) is 11.8 Å². The molecule has 0 fully saturated rings. The Balaban J connectivity index is 2.81. The minimum Gasteiger partial charge on any atom is -0.271 e. The molecule has 1 aromatic heterocycles. The molecule has 0 aliphatic rings. The van der Waals surface area contributed by atoms with E-state index in [0.717, 1.165) is 25.1 Å². The van der Waals surface area contributed by atoms with E-state index in [-0.39, 0.29) is 6.04 Å². The molecule has 1 heterocycles. The second-order valence-corrected chi connectivity index (χ2v) is 4.84. The zero-order valence-electron chi connectivity index (χ0n) is 11.9. The summed E-state index contributed by atoms with van der Waals surface area (Å²) in [5, 5.41) is 8.17. The molecule has 1 rings (SSSR count). The number of hydrogen-bond donors (Lipinski definition) is 2. The topological polar surface area (TPSA) is 68.8 Å². The fourth-order valence-electron chi connectivity index (χ4n) is 2.43. The second-order valence-electron chi connectivity index (χ2n) is 4.84. The van der Waals surface area contributed by atoms with Gasteiger partial charge >= 0.3 is 0 Å². The Morgan fingerprint density at radius 1 is 1.33 bits per heavy atom. The molecule has 2 atom stereocenters. The van der Waals surface area contributed by atoms with Crippen LogP contribution >= 0.6 is 0 Å². The maximum Gasteiger partial charge on any atom is 0.0772 e. The van der Waals surface area contributed by atoms with E-state index in [2.05, 4.69) is 36.5 Å². The van der Waals surface area contributed by atoms with Gasteiger partial charge in [-0.1, -0.05) is 45.2 Å². The molecule has 5 nitrogen and oxygen atoms in total. The fraction of sp³-hybridized carbons (Fsp3) is 0.846. The number of nitrogens with two attached hydrogens (primary N) is 1. The number of aryl methyl sites for hydroxylation is 1. The summed E-state index contributed by atoms with van der Waals surface area (Å²) in [6.45, 7) is 7.49. The standard InChI is InChI=1S/C13H27N5/c1-4-7-8-11(6-3)13(16-14)12-10-15-17-18(12)9-5-2/h10-11,13,16H,4-9,14H2,1-3H3. The first kappa shape index (κ1) is 15.1. The van der Waals surface area contributed by atoms with Crippen LogP contribution in [0.1, 0.15) is 64.6 Å². The quantitative estimate of drug-likeness (QED) is 0.524. The van der Waals surface area contributed by atoms with Crippen molar-refractivity contribution in [3.8, 4) is 0 Å². The summed E-state index contributed by atoms with van der Waals surface area (Å²) >= 11 is 0. The lowest BCUT2D eigenvalue weighted by Crippen LogP contribution is -2.35. The van der Waals surface area contributed by atoms with Crippen molar-refractivity contribution in [1.82, 2.24) is 20.4 Å². The molecule has 2 unspecified atom stereocenters. The molecule has 3 N–H and O–H groups in total. The molecule has 0 bridgehead atoms. The summed E-state index contributed by atoms with van der Waals surface area (Å²) in [6, 6.07) is 0.156. The van der Waals surface area contributed by atoms with E-state index in [1.807, 2.05) is 10.9 Å². The van der Waals surface area contributed by atoms with Crippen molar-refractivity contribution in [3.05, 3.63) is 11.9 Å². The van der Waals surface area contributed by atoms with Crippen LogP contribution in [-0.2, 0) is 6.54 Å². The minimum atomic E-state index is 0.156. The van der Waals surface area contributed by atoms with Crippen molar-refractivity contribution in [1.29, 1.82) is 0 Å². The summed E-state index contributed by atoms with van der Waals surface area (Å²) in [6.07, 6.45) is 7.67. The highest BCUT2D eigenvalue weighted by molar-refractivity contribution is 5.04. The molecule has 1 aromatic rings. The van der Waals surface area contributed by atoms with E-state index in [1.165, 1.54) is 19.3 Å². The van der Waals surface area contributed by atoms with Crippen molar-refractivity contribution < 1.29 is 0 Å². The van der Waals surface area contributed by atoms with Gasteiger partial charge in [0.15, 0.2) is 0 Å². The molecule has 0 aromatic carbocycles. The number of aromatic nitrogens is 3. The van der Waals surface area contributed by atoms with Crippen molar-refractivity contribution in [2.75, 3.05) is 0 Å². The van der Waals surface area contributed by atoms with Gasteiger partial charge in [0.2, 0.25) is 0 Å². The van der Waals surface area contributed by atoms with Gasteiger partial charge in [0.05, 0.1) is 17.9 Å². The molecule has 0 saturated heterocycles. The third-order valence-corrected chi connectivity index (χ3v) is 3.51. The van der Waals surface area contributed by atoms with E-state index in [9.17, 15) is 0 Å². The minimum absolute atomic E-state index is 0.156. The number of rotatable bonds is 9. The zero-order valence-corrected chi connectivity index (χ0v) is 11.9. The molecule has 18 heavy (non-hydrogen) atoms. The molecule has 5 heteroatoms. The Labute approximate surface area is 110 Å². The third kappa shape index (κ3) is 3.78. The number of nitrogens with zero attached hydrogens (tertiary/aromatic N) is 3. The van der Waals surface area contributed by atoms with Crippen LogP contribution in [0, 0.1) is 5.92 Å². The third-order valence-electron chi connectivity index (χ3n) is 3.51.